The molecule has 20 heavy (non-hydrogen) atoms. The van der Waals surface area contributed by atoms with E-state index in [9.17, 15) is 13.6 Å². The van der Waals surface area contributed by atoms with E-state index < -0.39 is 17.0 Å². The second-order valence-electron chi connectivity index (χ2n) is 5.82. The monoisotopic (exact) mass is 282 g/mol. The summed E-state index contributed by atoms with van der Waals surface area (Å²) in [6.45, 7) is 5.34. The van der Waals surface area contributed by atoms with Crippen molar-refractivity contribution >= 4 is 11.6 Å². The van der Waals surface area contributed by atoms with E-state index in [0.29, 0.717) is 0 Å². The zero-order valence-corrected chi connectivity index (χ0v) is 11.8. The summed E-state index contributed by atoms with van der Waals surface area (Å²) in [5, 5.41) is 5.65. The van der Waals surface area contributed by atoms with Gasteiger partial charge in [0.05, 0.1) is 0 Å². The molecule has 1 aliphatic rings. The van der Waals surface area contributed by atoms with Crippen LogP contribution < -0.4 is 10.6 Å². The number of halogens is 2. The first-order valence-corrected chi connectivity index (χ1v) is 6.89. The van der Waals surface area contributed by atoms with E-state index in [-0.39, 0.29) is 17.5 Å². The maximum absolute atomic E-state index is 13.6. The molecule has 0 bridgehead atoms. The van der Waals surface area contributed by atoms with Crippen LogP contribution in [0.2, 0.25) is 0 Å². The van der Waals surface area contributed by atoms with Crippen molar-refractivity contribution in [1.29, 1.82) is 0 Å². The highest BCUT2D eigenvalue weighted by molar-refractivity contribution is 5.95. The highest BCUT2D eigenvalue weighted by atomic mass is 19.1. The van der Waals surface area contributed by atoms with Crippen molar-refractivity contribution in [2.24, 2.45) is 11.3 Å². The van der Waals surface area contributed by atoms with Crippen molar-refractivity contribution in [1.82, 2.24) is 5.32 Å². The summed E-state index contributed by atoms with van der Waals surface area (Å²) < 4.78 is 27.1. The summed E-state index contributed by atoms with van der Waals surface area (Å²) in [4.78, 5) is 12.4. The van der Waals surface area contributed by atoms with E-state index >= 15 is 0 Å². The van der Waals surface area contributed by atoms with Crippen LogP contribution in [-0.4, -0.2) is 19.0 Å². The molecular formula is C15H20F2N2O. The first kappa shape index (κ1) is 14.9. The second-order valence-corrected chi connectivity index (χ2v) is 5.82. The minimum atomic E-state index is -0.754. The summed E-state index contributed by atoms with van der Waals surface area (Å²) in [7, 11) is 0. The first-order chi connectivity index (χ1) is 9.43. The van der Waals surface area contributed by atoms with Gasteiger partial charge in [-0.3, -0.25) is 4.79 Å². The van der Waals surface area contributed by atoms with Crippen LogP contribution in [0.1, 0.15) is 26.7 Å². The Morgan fingerprint density at radius 2 is 2.00 bits per heavy atom. The minimum Gasteiger partial charge on any atom is -0.321 e. The van der Waals surface area contributed by atoms with Gasteiger partial charge in [0.2, 0.25) is 5.91 Å². The van der Waals surface area contributed by atoms with Gasteiger partial charge >= 0.3 is 0 Å². The van der Waals surface area contributed by atoms with Crippen molar-refractivity contribution in [3.63, 3.8) is 0 Å². The fraction of sp³-hybridized carbons (Fsp3) is 0.533. The number of rotatable bonds is 3. The molecule has 0 saturated carbocycles. The van der Waals surface area contributed by atoms with Crippen LogP contribution in [0, 0.1) is 23.0 Å². The Morgan fingerprint density at radius 1 is 1.35 bits per heavy atom. The van der Waals surface area contributed by atoms with E-state index in [4.69, 9.17) is 0 Å². The Kier molecular flexibility index (Phi) is 4.38. The smallest absolute Gasteiger partial charge is 0.230 e. The Bertz CT molecular complexity index is 476. The number of nitrogens with one attached hydrogen (secondary N) is 2. The maximum Gasteiger partial charge on any atom is 0.230 e. The molecule has 3 nitrogen and oxygen atoms in total. The fourth-order valence-corrected chi connectivity index (χ4v) is 2.55. The van der Waals surface area contributed by atoms with E-state index in [2.05, 4.69) is 10.6 Å². The highest BCUT2D eigenvalue weighted by Gasteiger charge is 2.37. The summed E-state index contributed by atoms with van der Waals surface area (Å²) >= 11 is 0. The van der Waals surface area contributed by atoms with Gasteiger partial charge in [0.1, 0.15) is 17.3 Å². The number of para-hydroxylation sites is 1. The molecule has 1 aliphatic heterocycles. The number of carbonyl (C=O) groups excluding carboxylic acids is 1. The third kappa shape index (κ3) is 2.98. The van der Waals surface area contributed by atoms with Crippen molar-refractivity contribution in [3.8, 4) is 0 Å². The fourth-order valence-electron chi connectivity index (χ4n) is 2.55. The lowest BCUT2D eigenvalue weighted by atomic mass is 9.74. The van der Waals surface area contributed by atoms with Crippen LogP contribution in [0.4, 0.5) is 14.5 Å². The number of benzene rings is 1. The van der Waals surface area contributed by atoms with E-state index in [1.54, 1.807) is 0 Å². The Balaban J connectivity index is 2.14. The molecule has 2 rings (SSSR count). The molecule has 5 heteroatoms. The molecule has 0 aromatic heterocycles. The SMILES string of the molecule is CC(C)(C(=O)Nc1c(F)cccc1F)C1CCCNC1. The largest absolute Gasteiger partial charge is 0.321 e. The molecule has 1 unspecified atom stereocenters. The lowest BCUT2D eigenvalue weighted by molar-refractivity contribution is -0.127. The standard InChI is InChI=1S/C15H20F2N2O/c1-15(2,10-5-4-8-18-9-10)14(20)19-13-11(16)6-3-7-12(13)17/h3,6-7,10,18H,4-5,8-9H2,1-2H3,(H,19,20). The molecule has 110 valence electrons. The molecule has 1 aromatic rings. The van der Waals surface area contributed by atoms with Crippen molar-refractivity contribution in [2.75, 3.05) is 18.4 Å². The number of amides is 1. The van der Waals surface area contributed by atoms with Gasteiger partial charge in [-0.25, -0.2) is 8.78 Å². The van der Waals surface area contributed by atoms with Gasteiger partial charge in [-0.2, -0.15) is 0 Å². The number of hydrogen-bond donors (Lipinski definition) is 2. The van der Waals surface area contributed by atoms with Gasteiger partial charge in [-0.1, -0.05) is 19.9 Å². The molecule has 0 radical (unpaired) electrons. The van der Waals surface area contributed by atoms with Crippen molar-refractivity contribution in [2.45, 2.75) is 26.7 Å². The summed E-state index contributed by atoms with van der Waals surface area (Å²) in [6, 6.07) is 3.54. The molecule has 2 N–H and O–H groups in total. The van der Waals surface area contributed by atoms with Gasteiger partial charge in [-0.15, -0.1) is 0 Å². The van der Waals surface area contributed by atoms with Crippen LogP contribution in [0.5, 0.6) is 0 Å². The molecular weight excluding hydrogens is 262 g/mol. The number of piperidine rings is 1. The van der Waals surface area contributed by atoms with Crippen LogP contribution in [0.25, 0.3) is 0 Å². The van der Waals surface area contributed by atoms with Crippen LogP contribution in [0.3, 0.4) is 0 Å². The van der Waals surface area contributed by atoms with Gasteiger partial charge in [-0.05, 0) is 44.0 Å². The molecule has 1 fully saturated rings. The predicted molar refractivity (Wildman–Crippen MR) is 74.4 cm³/mol. The molecule has 0 aliphatic carbocycles. The molecule has 1 atom stereocenters. The zero-order chi connectivity index (χ0) is 14.8. The van der Waals surface area contributed by atoms with Crippen molar-refractivity contribution in [3.05, 3.63) is 29.8 Å². The minimum absolute atomic E-state index is 0.158. The van der Waals surface area contributed by atoms with Crippen LogP contribution in [0.15, 0.2) is 18.2 Å². The summed E-state index contributed by atoms with van der Waals surface area (Å²) in [6.07, 6.45) is 1.95. The highest BCUT2D eigenvalue weighted by Crippen LogP contribution is 2.33. The number of carbonyl (C=O) groups is 1. The third-order valence-corrected chi connectivity index (χ3v) is 4.10. The molecule has 1 aromatic carbocycles. The summed E-state index contributed by atoms with van der Waals surface area (Å²) in [5.41, 5.74) is -1.04. The van der Waals surface area contributed by atoms with E-state index in [1.165, 1.54) is 6.07 Å². The van der Waals surface area contributed by atoms with Crippen molar-refractivity contribution < 1.29 is 13.6 Å². The van der Waals surface area contributed by atoms with E-state index in [1.807, 2.05) is 13.8 Å². The molecule has 0 spiro atoms. The lowest BCUT2D eigenvalue weighted by Crippen LogP contribution is -2.45. The van der Waals surface area contributed by atoms with Gasteiger partial charge in [0.25, 0.3) is 0 Å². The Morgan fingerprint density at radius 3 is 2.55 bits per heavy atom. The molecule has 1 heterocycles. The first-order valence-electron chi connectivity index (χ1n) is 6.89. The number of hydrogen-bond acceptors (Lipinski definition) is 2. The van der Waals surface area contributed by atoms with Gasteiger partial charge < -0.3 is 10.6 Å². The average molecular weight is 282 g/mol. The Labute approximate surface area is 117 Å². The molecule has 1 amide bonds. The zero-order valence-electron chi connectivity index (χ0n) is 11.8. The second kappa shape index (κ2) is 5.87. The topological polar surface area (TPSA) is 41.1 Å². The maximum atomic E-state index is 13.6. The normalized spacial score (nSPS) is 19.7. The predicted octanol–water partition coefficient (Wildman–Crippen LogP) is 2.93. The molecule has 1 saturated heterocycles. The average Bonchev–Trinajstić information content (AvgIpc) is 2.43. The van der Waals surface area contributed by atoms with Crippen LogP contribution in [-0.2, 0) is 4.79 Å². The summed E-state index contributed by atoms with van der Waals surface area (Å²) in [5.74, 6) is -1.70. The van der Waals surface area contributed by atoms with Gasteiger partial charge in [0.15, 0.2) is 0 Å². The third-order valence-electron chi connectivity index (χ3n) is 4.10. The quantitative estimate of drug-likeness (QED) is 0.895. The Hall–Kier alpha value is -1.49. The lowest BCUT2D eigenvalue weighted by Gasteiger charge is -2.36. The van der Waals surface area contributed by atoms with Crippen LogP contribution >= 0.6 is 0 Å². The van der Waals surface area contributed by atoms with Gasteiger partial charge in [0, 0.05) is 5.41 Å². The van der Waals surface area contributed by atoms with E-state index in [0.717, 1.165) is 38.1 Å². The number of anilines is 1.